The monoisotopic (exact) mass is 268 g/mol. The van der Waals surface area contributed by atoms with E-state index in [1.165, 1.54) is 0 Å². The van der Waals surface area contributed by atoms with Crippen molar-refractivity contribution in [2.45, 2.75) is 19.4 Å². The second-order valence-electron chi connectivity index (χ2n) is 4.01. The van der Waals surface area contributed by atoms with Crippen LogP contribution in [0.3, 0.4) is 0 Å². The van der Waals surface area contributed by atoms with Crippen LogP contribution in [0.1, 0.15) is 18.9 Å². The van der Waals surface area contributed by atoms with Gasteiger partial charge in [-0.1, -0.05) is 11.6 Å². The molecule has 1 atom stereocenters. The molecule has 0 aromatic heterocycles. The van der Waals surface area contributed by atoms with Crippen molar-refractivity contribution < 1.29 is 0 Å². The van der Waals surface area contributed by atoms with Crippen molar-refractivity contribution in [3.63, 3.8) is 0 Å². The highest BCUT2D eigenvalue weighted by Gasteiger charge is 2.13. The van der Waals surface area contributed by atoms with E-state index in [1.54, 1.807) is 6.07 Å². The first-order chi connectivity index (χ1) is 8.10. The van der Waals surface area contributed by atoms with E-state index in [2.05, 4.69) is 24.1 Å². The lowest BCUT2D eigenvalue weighted by molar-refractivity contribution is 0.669. The Kier molecular flexibility index (Phi) is 5.67. The molecule has 0 bridgehead atoms. The topological polar surface area (TPSA) is 27.0 Å². The predicted molar refractivity (Wildman–Crippen MR) is 77.0 cm³/mol. The molecule has 0 aliphatic carbocycles. The minimum absolute atomic E-state index is 0.413. The lowest BCUT2D eigenvalue weighted by atomic mass is 10.1. The highest BCUT2D eigenvalue weighted by Crippen LogP contribution is 2.25. The molecule has 1 aromatic rings. The van der Waals surface area contributed by atoms with Crippen LogP contribution in [0.5, 0.6) is 0 Å². The number of hydrogen-bond acceptors (Lipinski definition) is 3. The normalized spacial score (nSPS) is 11.9. The van der Waals surface area contributed by atoms with Crippen molar-refractivity contribution in [1.29, 1.82) is 5.26 Å². The van der Waals surface area contributed by atoms with E-state index in [9.17, 15) is 0 Å². The fourth-order valence-electron chi connectivity index (χ4n) is 1.62. The molecule has 1 rings (SSSR count). The Morgan fingerprint density at radius 2 is 2.24 bits per heavy atom. The Morgan fingerprint density at radius 1 is 1.53 bits per heavy atom. The van der Waals surface area contributed by atoms with Gasteiger partial charge in [-0.3, -0.25) is 0 Å². The fourth-order valence-corrected chi connectivity index (χ4v) is 2.37. The summed E-state index contributed by atoms with van der Waals surface area (Å²) in [5, 5.41) is 9.72. The van der Waals surface area contributed by atoms with Crippen LogP contribution in [0.2, 0.25) is 5.02 Å². The molecule has 0 heterocycles. The van der Waals surface area contributed by atoms with Crippen molar-refractivity contribution in [2.75, 3.05) is 24.0 Å². The van der Waals surface area contributed by atoms with E-state index < -0.39 is 0 Å². The van der Waals surface area contributed by atoms with Crippen LogP contribution in [0.4, 0.5) is 5.69 Å². The van der Waals surface area contributed by atoms with Gasteiger partial charge in [0.25, 0.3) is 0 Å². The standard InChI is InChI=1S/C13H17ClN2S/c1-10(6-7-17-3)16(2)13-5-4-12(14)8-11(13)9-15/h4-5,8,10H,6-7H2,1-3H3. The summed E-state index contributed by atoms with van der Waals surface area (Å²) in [7, 11) is 2.02. The second-order valence-corrected chi connectivity index (χ2v) is 5.44. The zero-order valence-corrected chi connectivity index (χ0v) is 12.0. The molecule has 0 spiro atoms. The molecule has 0 amide bonds. The molecule has 0 fully saturated rings. The van der Waals surface area contributed by atoms with Crippen LogP contribution in [0.15, 0.2) is 18.2 Å². The summed E-state index contributed by atoms with van der Waals surface area (Å²) in [6, 6.07) is 8.07. The average Bonchev–Trinajstić information content (AvgIpc) is 2.34. The molecule has 1 aromatic carbocycles. The Morgan fingerprint density at radius 3 is 2.82 bits per heavy atom. The molecule has 0 saturated carbocycles. The van der Waals surface area contributed by atoms with Gasteiger partial charge in [0, 0.05) is 18.1 Å². The van der Waals surface area contributed by atoms with Crippen molar-refractivity contribution >= 4 is 29.1 Å². The molecule has 2 nitrogen and oxygen atoms in total. The maximum Gasteiger partial charge on any atom is 0.101 e. The van der Waals surface area contributed by atoms with Gasteiger partial charge in [-0.15, -0.1) is 0 Å². The number of benzene rings is 1. The van der Waals surface area contributed by atoms with Crippen molar-refractivity contribution in [2.24, 2.45) is 0 Å². The Labute approximate surface area is 113 Å². The second kappa shape index (κ2) is 6.78. The predicted octanol–water partition coefficient (Wildman–Crippen LogP) is 3.79. The molecule has 4 heteroatoms. The maximum absolute atomic E-state index is 9.11. The van der Waals surface area contributed by atoms with E-state index in [-0.39, 0.29) is 0 Å². The summed E-state index contributed by atoms with van der Waals surface area (Å²) in [6.07, 6.45) is 3.21. The van der Waals surface area contributed by atoms with Gasteiger partial charge in [0.15, 0.2) is 0 Å². The Hall–Kier alpha value is -0.850. The molecule has 92 valence electrons. The van der Waals surface area contributed by atoms with Gasteiger partial charge >= 0.3 is 0 Å². The average molecular weight is 269 g/mol. The smallest absolute Gasteiger partial charge is 0.101 e. The highest BCUT2D eigenvalue weighted by atomic mass is 35.5. The molecular formula is C13H17ClN2S. The molecule has 0 N–H and O–H groups in total. The van der Waals surface area contributed by atoms with Gasteiger partial charge in [-0.2, -0.15) is 17.0 Å². The van der Waals surface area contributed by atoms with Crippen LogP contribution in [-0.4, -0.2) is 25.1 Å². The molecule has 17 heavy (non-hydrogen) atoms. The van der Waals surface area contributed by atoms with Gasteiger partial charge in [-0.25, -0.2) is 0 Å². The number of halogens is 1. The van der Waals surface area contributed by atoms with Crippen LogP contribution in [0.25, 0.3) is 0 Å². The number of anilines is 1. The Bertz CT molecular complexity index is 414. The lowest BCUT2D eigenvalue weighted by Crippen LogP contribution is -2.29. The molecule has 0 radical (unpaired) electrons. The summed E-state index contributed by atoms with van der Waals surface area (Å²) in [4.78, 5) is 2.14. The molecular weight excluding hydrogens is 252 g/mol. The quantitative estimate of drug-likeness (QED) is 0.813. The Balaban J connectivity index is 2.88. The van der Waals surface area contributed by atoms with Crippen LogP contribution in [-0.2, 0) is 0 Å². The molecule has 0 aliphatic rings. The van der Waals surface area contributed by atoms with Gasteiger partial charge in [0.2, 0.25) is 0 Å². The number of nitrogens with zero attached hydrogens (tertiary/aromatic N) is 2. The number of thioether (sulfide) groups is 1. The van der Waals surface area contributed by atoms with Crippen LogP contribution in [0, 0.1) is 11.3 Å². The number of rotatable bonds is 5. The maximum atomic E-state index is 9.11. The van der Waals surface area contributed by atoms with Gasteiger partial charge in [0.1, 0.15) is 6.07 Å². The molecule has 0 aliphatic heterocycles. The fraction of sp³-hybridized carbons (Fsp3) is 0.462. The minimum atomic E-state index is 0.413. The van der Waals surface area contributed by atoms with Crippen molar-refractivity contribution in [3.8, 4) is 6.07 Å². The first kappa shape index (κ1) is 14.2. The van der Waals surface area contributed by atoms with E-state index in [0.717, 1.165) is 17.9 Å². The largest absolute Gasteiger partial charge is 0.371 e. The zero-order chi connectivity index (χ0) is 12.8. The van der Waals surface area contributed by atoms with Gasteiger partial charge < -0.3 is 4.90 Å². The summed E-state index contributed by atoms with van der Waals surface area (Å²) >= 11 is 7.73. The van der Waals surface area contributed by atoms with E-state index in [1.807, 2.05) is 30.9 Å². The van der Waals surface area contributed by atoms with E-state index in [0.29, 0.717) is 16.6 Å². The highest BCUT2D eigenvalue weighted by molar-refractivity contribution is 7.98. The third-order valence-corrected chi connectivity index (χ3v) is 3.74. The molecule has 0 saturated heterocycles. The van der Waals surface area contributed by atoms with Crippen LogP contribution < -0.4 is 4.90 Å². The SMILES string of the molecule is CSCCC(C)N(C)c1ccc(Cl)cc1C#N. The van der Waals surface area contributed by atoms with Gasteiger partial charge in [-0.05, 0) is 43.6 Å². The third kappa shape index (κ3) is 3.83. The number of hydrogen-bond donors (Lipinski definition) is 0. The van der Waals surface area contributed by atoms with Crippen LogP contribution >= 0.6 is 23.4 Å². The number of nitriles is 1. The van der Waals surface area contributed by atoms with E-state index >= 15 is 0 Å². The van der Waals surface area contributed by atoms with Gasteiger partial charge in [0.05, 0.1) is 11.3 Å². The first-order valence-corrected chi connectivity index (χ1v) is 7.28. The van der Waals surface area contributed by atoms with Crippen molar-refractivity contribution in [3.05, 3.63) is 28.8 Å². The first-order valence-electron chi connectivity index (χ1n) is 5.51. The minimum Gasteiger partial charge on any atom is -0.371 e. The zero-order valence-electron chi connectivity index (χ0n) is 10.4. The third-order valence-electron chi connectivity index (χ3n) is 2.86. The summed E-state index contributed by atoms with van der Waals surface area (Å²) in [5.74, 6) is 1.13. The van der Waals surface area contributed by atoms with E-state index in [4.69, 9.17) is 16.9 Å². The summed E-state index contributed by atoms with van der Waals surface area (Å²) in [6.45, 7) is 2.17. The summed E-state index contributed by atoms with van der Waals surface area (Å²) in [5.41, 5.74) is 1.58. The summed E-state index contributed by atoms with van der Waals surface area (Å²) < 4.78 is 0. The van der Waals surface area contributed by atoms with Crippen molar-refractivity contribution in [1.82, 2.24) is 0 Å². The molecule has 1 unspecified atom stereocenters. The lowest BCUT2D eigenvalue weighted by Gasteiger charge is -2.27.